The van der Waals surface area contributed by atoms with E-state index >= 15 is 0 Å². The molecule has 0 spiro atoms. The molecule has 0 aliphatic carbocycles. The number of carbonyl (C=O) groups is 1. The van der Waals surface area contributed by atoms with Crippen molar-refractivity contribution in [3.8, 4) is 0 Å². The van der Waals surface area contributed by atoms with E-state index in [1.165, 1.54) is 0 Å². The number of carbonyl (C=O) groups excluding carboxylic acids is 1. The van der Waals surface area contributed by atoms with Crippen LogP contribution in [0, 0.1) is 6.92 Å². The number of benzene rings is 4. The molecule has 0 bridgehead atoms. The molecule has 1 atom stereocenters. The van der Waals surface area contributed by atoms with Gasteiger partial charge in [0, 0.05) is 10.6 Å². The zero-order valence-electron chi connectivity index (χ0n) is 20.5. The van der Waals surface area contributed by atoms with Crippen molar-refractivity contribution in [3.63, 3.8) is 0 Å². The highest BCUT2D eigenvalue weighted by molar-refractivity contribution is 7.76. The second-order valence-electron chi connectivity index (χ2n) is 8.56. The Morgan fingerprint density at radius 2 is 1.31 bits per heavy atom. The first-order valence-electron chi connectivity index (χ1n) is 11.9. The number of allylic oxidation sites excluding steroid dienone is 1. The first-order chi connectivity index (χ1) is 17.5. The van der Waals surface area contributed by atoms with E-state index < -0.39 is 19.3 Å². The Hall–Kier alpha value is -3.72. The standard InChI is InChI=1S/C31H30NO3P/c1-3-29(31(33)35-23-25-13-7-4-8-14-25)30(26-21-19-24(2)20-22-26)32-36(34,27-15-9-5-10-16-27)28-17-11-6-12-18-28/h3-22,30H,23H2,1-2H3,(H,32,34)/b29-3-. The fraction of sp³-hybridized carbons (Fsp3) is 0.129. The van der Waals surface area contributed by atoms with Gasteiger partial charge in [0.1, 0.15) is 6.61 Å². The molecule has 0 radical (unpaired) electrons. The zero-order valence-corrected chi connectivity index (χ0v) is 21.4. The fourth-order valence-corrected chi connectivity index (χ4v) is 6.48. The van der Waals surface area contributed by atoms with Crippen molar-refractivity contribution in [1.29, 1.82) is 0 Å². The lowest BCUT2D eigenvalue weighted by molar-refractivity contribution is -0.140. The van der Waals surface area contributed by atoms with Crippen molar-refractivity contribution < 1.29 is 14.1 Å². The minimum Gasteiger partial charge on any atom is -0.457 e. The minimum atomic E-state index is -3.34. The summed E-state index contributed by atoms with van der Waals surface area (Å²) in [5.41, 5.74) is 3.24. The molecule has 0 aromatic heterocycles. The van der Waals surface area contributed by atoms with E-state index in [0.717, 1.165) is 16.7 Å². The second kappa shape index (κ2) is 11.8. The quantitative estimate of drug-likeness (QED) is 0.170. The van der Waals surface area contributed by atoms with Gasteiger partial charge in [-0.3, -0.25) is 4.57 Å². The molecule has 0 fully saturated rings. The Morgan fingerprint density at radius 1 is 0.806 bits per heavy atom. The number of hydrogen-bond donors (Lipinski definition) is 1. The lowest BCUT2D eigenvalue weighted by Crippen LogP contribution is -2.33. The molecule has 4 nitrogen and oxygen atoms in total. The van der Waals surface area contributed by atoms with Crippen LogP contribution in [0.5, 0.6) is 0 Å². The van der Waals surface area contributed by atoms with Crippen LogP contribution in [0.1, 0.15) is 29.7 Å². The molecule has 4 rings (SSSR count). The molecule has 4 aromatic rings. The third-order valence-corrected chi connectivity index (χ3v) is 8.70. The van der Waals surface area contributed by atoms with Crippen LogP contribution in [0.25, 0.3) is 0 Å². The van der Waals surface area contributed by atoms with Crippen LogP contribution in [0.2, 0.25) is 0 Å². The van der Waals surface area contributed by atoms with Crippen LogP contribution in [-0.4, -0.2) is 5.97 Å². The van der Waals surface area contributed by atoms with Gasteiger partial charge in [-0.2, -0.15) is 0 Å². The van der Waals surface area contributed by atoms with Crippen LogP contribution in [0.4, 0.5) is 0 Å². The Bertz CT molecular complexity index is 1310. The largest absolute Gasteiger partial charge is 0.457 e. The van der Waals surface area contributed by atoms with Gasteiger partial charge < -0.3 is 4.74 Å². The van der Waals surface area contributed by atoms with Crippen LogP contribution in [0.15, 0.2) is 127 Å². The third-order valence-electron chi connectivity index (χ3n) is 6.03. The molecule has 0 saturated carbocycles. The summed E-state index contributed by atoms with van der Waals surface area (Å²) >= 11 is 0. The summed E-state index contributed by atoms with van der Waals surface area (Å²) < 4.78 is 20.5. The van der Waals surface area contributed by atoms with E-state index in [-0.39, 0.29) is 6.61 Å². The SMILES string of the molecule is C/C=C(\C(=O)OCc1ccccc1)C(NP(=O)(c1ccccc1)c1ccccc1)c1ccc(C)cc1. The zero-order chi connectivity index (χ0) is 25.4. The topological polar surface area (TPSA) is 55.4 Å². The van der Waals surface area contributed by atoms with Gasteiger partial charge in [-0.1, -0.05) is 103 Å². The molecule has 0 aliphatic rings. The van der Waals surface area contributed by atoms with Gasteiger partial charge >= 0.3 is 5.97 Å². The molecule has 0 saturated heterocycles. The highest BCUT2D eigenvalue weighted by atomic mass is 31.2. The van der Waals surface area contributed by atoms with Crippen LogP contribution in [0.3, 0.4) is 0 Å². The number of aryl methyl sites for hydroxylation is 1. The predicted molar refractivity (Wildman–Crippen MR) is 147 cm³/mol. The van der Waals surface area contributed by atoms with Gasteiger partial charge in [0.15, 0.2) is 0 Å². The van der Waals surface area contributed by atoms with E-state index in [4.69, 9.17) is 4.74 Å². The first kappa shape index (κ1) is 25.4. The maximum atomic E-state index is 14.8. The van der Waals surface area contributed by atoms with E-state index in [9.17, 15) is 9.36 Å². The Kier molecular flexibility index (Phi) is 8.32. The van der Waals surface area contributed by atoms with Crippen molar-refractivity contribution in [2.75, 3.05) is 0 Å². The van der Waals surface area contributed by atoms with E-state index in [1.807, 2.05) is 122 Å². The van der Waals surface area contributed by atoms with E-state index in [0.29, 0.717) is 16.2 Å². The molecular formula is C31H30NO3P. The minimum absolute atomic E-state index is 0.159. The molecule has 0 aliphatic heterocycles. The van der Waals surface area contributed by atoms with Crippen molar-refractivity contribution in [2.24, 2.45) is 0 Å². The van der Waals surface area contributed by atoms with Gasteiger partial charge in [-0.15, -0.1) is 0 Å². The normalized spacial score (nSPS) is 12.7. The van der Waals surface area contributed by atoms with Crippen molar-refractivity contribution in [1.82, 2.24) is 5.09 Å². The third kappa shape index (κ3) is 5.91. The summed E-state index contributed by atoms with van der Waals surface area (Å²) in [4.78, 5) is 13.4. The second-order valence-corrected chi connectivity index (χ2v) is 11.1. The summed E-state index contributed by atoms with van der Waals surface area (Å²) in [5.74, 6) is -0.452. The van der Waals surface area contributed by atoms with Crippen molar-refractivity contribution in [2.45, 2.75) is 26.5 Å². The molecule has 1 N–H and O–H groups in total. The highest BCUT2D eigenvalue weighted by Crippen LogP contribution is 2.43. The summed E-state index contributed by atoms with van der Waals surface area (Å²) in [6, 6.07) is 35.5. The Balaban J connectivity index is 1.74. The molecule has 4 aromatic carbocycles. The van der Waals surface area contributed by atoms with Gasteiger partial charge in [-0.25, -0.2) is 9.88 Å². The lowest BCUT2D eigenvalue weighted by Gasteiger charge is -2.28. The average Bonchev–Trinajstić information content (AvgIpc) is 2.93. The maximum absolute atomic E-state index is 14.8. The van der Waals surface area contributed by atoms with Gasteiger partial charge in [-0.05, 0) is 49.2 Å². The number of rotatable bonds is 9. The predicted octanol–water partition coefficient (Wildman–Crippen LogP) is 6.24. The van der Waals surface area contributed by atoms with Crippen LogP contribution >= 0.6 is 7.29 Å². The average molecular weight is 496 g/mol. The van der Waals surface area contributed by atoms with Crippen molar-refractivity contribution in [3.05, 3.63) is 144 Å². The number of esters is 1. The molecule has 0 heterocycles. The molecule has 1 unspecified atom stereocenters. The number of nitrogens with one attached hydrogen (secondary N) is 1. The molecule has 5 heteroatoms. The van der Waals surface area contributed by atoms with Crippen LogP contribution < -0.4 is 15.7 Å². The molecule has 36 heavy (non-hydrogen) atoms. The maximum Gasteiger partial charge on any atom is 0.335 e. The summed E-state index contributed by atoms with van der Waals surface area (Å²) in [6.07, 6.45) is 1.74. The van der Waals surface area contributed by atoms with Crippen molar-refractivity contribution >= 4 is 23.9 Å². The monoisotopic (exact) mass is 495 g/mol. The highest BCUT2D eigenvalue weighted by Gasteiger charge is 2.34. The summed E-state index contributed by atoms with van der Waals surface area (Å²) in [6.45, 7) is 3.97. The van der Waals surface area contributed by atoms with E-state index in [2.05, 4.69) is 5.09 Å². The van der Waals surface area contributed by atoms with Gasteiger partial charge in [0.05, 0.1) is 11.6 Å². The lowest BCUT2D eigenvalue weighted by atomic mass is 9.98. The number of hydrogen-bond acceptors (Lipinski definition) is 3. The van der Waals surface area contributed by atoms with Gasteiger partial charge in [0.2, 0.25) is 7.29 Å². The summed E-state index contributed by atoms with van der Waals surface area (Å²) in [5, 5.41) is 4.75. The van der Waals surface area contributed by atoms with Gasteiger partial charge in [0.25, 0.3) is 0 Å². The molecule has 182 valence electrons. The first-order valence-corrected chi connectivity index (χ1v) is 13.6. The summed E-state index contributed by atoms with van der Waals surface area (Å²) in [7, 11) is -3.34. The van der Waals surface area contributed by atoms with E-state index in [1.54, 1.807) is 13.0 Å². The smallest absolute Gasteiger partial charge is 0.335 e. The number of ether oxygens (including phenoxy) is 1. The Labute approximate surface area is 213 Å². The molecule has 0 amide bonds. The Morgan fingerprint density at radius 3 is 1.81 bits per heavy atom. The van der Waals surface area contributed by atoms with Crippen LogP contribution in [-0.2, 0) is 20.7 Å². The molecular weight excluding hydrogens is 465 g/mol. The fourth-order valence-electron chi connectivity index (χ4n) is 4.05.